The number of aromatic nitrogens is 1. The highest BCUT2D eigenvalue weighted by Gasteiger charge is 2.18. The lowest BCUT2D eigenvalue weighted by atomic mass is 10.3. The molecule has 1 N–H and O–H groups in total. The van der Waals surface area contributed by atoms with Crippen LogP contribution in [0.15, 0.2) is 0 Å². The second-order valence-electron chi connectivity index (χ2n) is 2.50. The van der Waals surface area contributed by atoms with E-state index < -0.39 is 5.97 Å². The molecule has 0 fully saturated rings. The Balaban J connectivity index is 3.13. The molecular formula is C8H9NO3S2. The first-order valence-corrected chi connectivity index (χ1v) is 5.20. The second kappa shape index (κ2) is 4.47. The molecule has 4 nitrogen and oxygen atoms in total. The van der Waals surface area contributed by atoms with Crippen LogP contribution < -0.4 is 0 Å². The number of hydrogen-bond acceptors (Lipinski definition) is 5. The highest BCUT2D eigenvalue weighted by molar-refractivity contribution is 7.73. The first-order valence-electron chi connectivity index (χ1n) is 3.97. The van der Waals surface area contributed by atoms with Crippen molar-refractivity contribution < 1.29 is 14.3 Å². The van der Waals surface area contributed by atoms with Gasteiger partial charge in [0.1, 0.15) is 10.6 Å². The van der Waals surface area contributed by atoms with E-state index >= 15 is 0 Å². The lowest BCUT2D eigenvalue weighted by molar-refractivity contribution is 0.0517. The van der Waals surface area contributed by atoms with Gasteiger partial charge in [-0.15, -0.1) is 11.3 Å². The van der Waals surface area contributed by atoms with Crippen molar-refractivity contribution in [2.45, 2.75) is 13.8 Å². The molecule has 0 saturated heterocycles. The number of aromatic amines is 1. The van der Waals surface area contributed by atoms with Gasteiger partial charge in [0.25, 0.3) is 0 Å². The molecule has 76 valence electrons. The normalized spacial score (nSPS) is 9.86. The molecular weight excluding hydrogens is 222 g/mol. The van der Waals surface area contributed by atoms with Crippen LogP contribution in [-0.4, -0.2) is 23.3 Å². The summed E-state index contributed by atoms with van der Waals surface area (Å²) in [6.07, 6.45) is 0. The van der Waals surface area contributed by atoms with Crippen LogP contribution in [-0.2, 0) is 4.74 Å². The van der Waals surface area contributed by atoms with Crippen molar-refractivity contribution in [1.82, 2.24) is 4.98 Å². The molecule has 14 heavy (non-hydrogen) atoms. The fraction of sp³-hybridized carbons (Fsp3) is 0.375. The average Bonchev–Trinajstić information content (AvgIpc) is 2.48. The quantitative estimate of drug-likeness (QED) is 0.492. The van der Waals surface area contributed by atoms with Gasteiger partial charge in [0.05, 0.1) is 6.61 Å². The predicted molar refractivity (Wildman–Crippen MR) is 55.5 cm³/mol. The smallest absolute Gasteiger partial charge is 0.356 e. The zero-order valence-electron chi connectivity index (χ0n) is 7.75. The van der Waals surface area contributed by atoms with Crippen LogP contribution in [0, 0.1) is 3.95 Å². The molecule has 0 aliphatic carbocycles. The summed E-state index contributed by atoms with van der Waals surface area (Å²) in [5.41, 5.74) is 0.161. The Hall–Kier alpha value is -1.01. The number of nitrogens with one attached hydrogen (secondary N) is 1. The lowest BCUT2D eigenvalue weighted by Crippen LogP contribution is -2.09. The van der Waals surface area contributed by atoms with Crippen LogP contribution in [0.1, 0.15) is 34.0 Å². The molecule has 1 aromatic heterocycles. The Morgan fingerprint density at radius 1 is 1.57 bits per heavy atom. The third kappa shape index (κ3) is 2.27. The maximum absolute atomic E-state index is 11.3. The molecule has 0 radical (unpaired) electrons. The Morgan fingerprint density at radius 3 is 2.71 bits per heavy atom. The molecule has 0 aromatic carbocycles. The first-order chi connectivity index (χ1) is 6.56. The average molecular weight is 231 g/mol. The van der Waals surface area contributed by atoms with Crippen LogP contribution in [0.3, 0.4) is 0 Å². The number of H-pyrrole nitrogens is 1. The van der Waals surface area contributed by atoms with Crippen molar-refractivity contribution in [3.05, 3.63) is 14.5 Å². The van der Waals surface area contributed by atoms with Crippen LogP contribution >= 0.6 is 23.6 Å². The van der Waals surface area contributed by atoms with E-state index in [9.17, 15) is 9.59 Å². The maximum Gasteiger partial charge on any atom is 0.356 e. The summed E-state index contributed by atoms with van der Waals surface area (Å²) >= 11 is 5.93. The van der Waals surface area contributed by atoms with Gasteiger partial charge in [-0.3, -0.25) is 4.79 Å². The number of esters is 1. The SMILES string of the molecule is CCOC(=O)c1[nH]c(=S)sc1C(C)=O. The minimum atomic E-state index is -0.537. The molecule has 0 aliphatic heterocycles. The molecule has 0 unspecified atom stereocenters. The number of carbonyl (C=O) groups is 2. The van der Waals surface area contributed by atoms with Gasteiger partial charge < -0.3 is 9.72 Å². The van der Waals surface area contributed by atoms with E-state index in [2.05, 4.69) is 4.98 Å². The number of rotatable bonds is 3. The van der Waals surface area contributed by atoms with Gasteiger partial charge in [0.15, 0.2) is 9.74 Å². The molecule has 1 heterocycles. The van der Waals surface area contributed by atoms with Crippen LogP contribution in [0.2, 0.25) is 0 Å². The van der Waals surface area contributed by atoms with E-state index in [1.807, 2.05) is 0 Å². The van der Waals surface area contributed by atoms with E-state index in [1.54, 1.807) is 6.92 Å². The lowest BCUT2D eigenvalue weighted by Gasteiger charge is -1.99. The minimum Gasteiger partial charge on any atom is -0.461 e. The number of thiazole rings is 1. The summed E-state index contributed by atoms with van der Waals surface area (Å²) in [7, 11) is 0. The fourth-order valence-electron chi connectivity index (χ4n) is 0.923. The van der Waals surface area contributed by atoms with Crippen LogP contribution in [0.4, 0.5) is 0 Å². The van der Waals surface area contributed by atoms with Gasteiger partial charge in [-0.1, -0.05) is 0 Å². The van der Waals surface area contributed by atoms with Crippen LogP contribution in [0.25, 0.3) is 0 Å². The van der Waals surface area contributed by atoms with Gasteiger partial charge in [-0.05, 0) is 19.1 Å². The third-order valence-electron chi connectivity index (χ3n) is 1.45. The number of ether oxygens (including phenoxy) is 1. The minimum absolute atomic E-state index is 0.161. The molecule has 0 aliphatic rings. The highest BCUT2D eigenvalue weighted by Crippen LogP contribution is 2.16. The Kier molecular flexibility index (Phi) is 3.54. The molecule has 0 amide bonds. The zero-order valence-corrected chi connectivity index (χ0v) is 9.38. The summed E-state index contributed by atoms with van der Waals surface area (Å²) < 4.78 is 5.17. The molecule has 0 saturated carbocycles. The number of Topliss-reactive ketones (excluding diaryl/α,β-unsaturated/α-hetero) is 1. The number of carbonyl (C=O) groups excluding carboxylic acids is 2. The third-order valence-corrected chi connectivity index (χ3v) is 2.78. The van der Waals surface area contributed by atoms with Gasteiger partial charge in [-0.25, -0.2) is 4.79 Å². The zero-order chi connectivity index (χ0) is 10.7. The largest absolute Gasteiger partial charge is 0.461 e. The van der Waals surface area contributed by atoms with Crippen molar-refractivity contribution in [3.8, 4) is 0 Å². The summed E-state index contributed by atoms with van der Waals surface area (Å²) in [6, 6.07) is 0. The van der Waals surface area contributed by atoms with Crippen molar-refractivity contribution in [3.63, 3.8) is 0 Å². The number of ketones is 1. The van der Waals surface area contributed by atoms with E-state index in [0.29, 0.717) is 8.83 Å². The Morgan fingerprint density at radius 2 is 2.21 bits per heavy atom. The summed E-state index contributed by atoms with van der Waals surface area (Å²) in [4.78, 5) is 25.4. The van der Waals surface area contributed by atoms with Gasteiger partial charge in [0, 0.05) is 6.92 Å². The van der Waals surface area contributed by atoms with E-state index in [1.165, 1.54) is 6.92 Å². The van der Waals surface area contributed by atoms with E-state index in [0.717, 1.165) is 11.3 Å². The molecule has 1 rings (SSSR count). The summed E-state index contributed by atoms with van der Waals surface area (Å²) in [5.74, 6) is -0.726. The van der Waals surface area contributed by atoms with Gasteiger partial charge in [0.2, 0.25) is 0 Å². The van der Waals surface area contributed by atoms with E-state index in [4.69, 9.17) is 17.0 Å². The second-order valence-corrected chi connectivity index (χ2v) is 4.18. The molecule has 6 heteroatoms. The standard InChI is InChI=1S/C8H9NO3S2/c1-3-12-7(11)5-6(4(2)10)14-8(13)9-5/h3H2,1-2H3,(H,9,13). The molecule has 0 atom stereocenters. The Bertz CT molecular complexity index is 418. The molecule has 0 bridgehead atoms. The topological polar surface area (TPSA) is 59.2 Å². The monoisotopic (exact) mass is 231 g/mol. The van der Waals surface area contributed by atoms with Crippen LogP contribution in [0.5, 0.6) is 0 Å². The van der Waals surface area contributed by atoms with E-state index in [-0.39, 0.29) is 18.1 Å². The van der Waals surface area contributed by atoms with Crippen molar-refractivity contribution in [1.29, 1.82) is 0 Å². The Labute approximate surface area is 89.9 Å². The molecule has 0 spiro atoms. The summed E-state index contributed by atoms with van der Waals surface area (Å²) in [5, 5.41) is 0. The predicted octanol–water partition coefficient (Wildman–Crippen LogP) is 2.18. The maximum atomic E-state index is 11.3. The highest BCUT2D eigenvalue weighted by atomic mass is 32.1. The fourth-order valence-corrected chi connectivity index (χ4v) is 1.99. The van der Waals surface area contributed by atoms with Crippen molar-refractivity contribution >= 4 is 35.3 Å². The van der Waals surface area contributed by atoms with Crippen molar-refractivity contribution in [2.75, 3.05) is 6.61 Å². The first kappa shape index (κ1) is 11.1. The van der Waals surface area contributed by atoms with Crippen molar-refractivity contribution in [2.24, 2.45) is 0 Å². The van der Waals surface area contributed by atoms with Gasteiger partial charge in [-0.2, -0.15) is 0 Å². The summed E-state index contributed by atoms with van der Waals surface area (Å²) in [6.45, 7) is 3.36. The molecule has 1 aromatic rings. The van der Waals surface area contributed by atoms with Gasteiger partial charge >= 0.3 is 5.97 Å². The number of hydrogen-bond donors (Lipinski definition) is 1.